The fourth-order valence-electron chi connectivity index (χ4n) is 2.91. The number of nitrogens with one attached hydrogen (secondary N) is 1. The SMILES string of the molecule is CO.CO.Cc1ccc(C(C)C)cc1.F[P-](F)(F)(F)(F)F.[O-]c1cccc2cccnc12.[Os+2].c1ccc2[nH]cnc2c1. The maximum Gasteiger partial charge on any atom is 2.00 e. The number of para-hydroxylation sites is 3. The predicted molar refractivity (Wildman–Crippen MR) is 152 cm³/mol. The summed E-state index contributed by atoms with van der Waals surface area (Å²) in [6.45, 7) is 6.54. The van der Waals surface area contributed by atoms with E-state index in [4.69, 9.17) is 10.2 Å². The van der Waals surface area contributed by atoms with E-state index in [0.29, 0.717) is 11.4 Å². The third-order valence-electron chi connectivity index (χ3n) is 4.67. The van der Waals surface area contributed by atoms with Gasteiger partial charge in [-0.25, -0.2) is 4.98 Å². The number of nitrogens with zero attached hydrogens (tertiary/aromatic N) is 2. The van der Waals surface area contributed by atoms with Crippen LogP contribution in [-0.2, 0) is 19.8 Å². The zero-order chi connectivity index (χ0) is 31.8. The summed E-state index contributed by atoms with van der Waals surface area (Å²) in [6.07, 6.45) is 3.33. The molecule has 2 heterocycles. The number of hydrogen-bond acceptors (Lipinski definition) is 5. The standard InChI is InChI=1S/C10H14.C9H7NO.C7H6N2.2CH4O.F6P.Os/c1-8(2)10-6-4-9(3)5-7-10;11-8-5-1-3-7-4-2-6-10-9(7)8;1-2-4-7-6(3-1)8-5-9-7;2*1-2;1-7(2,3,4,5)6;/h4-8H,1-3H3;1-6,11H;1-5H,(H,8,9);2*2H,1H3;;/q;;;;;-1;+2/p-1. The van der Waals surface area contributed by atoms with E-state index in [-0.39, 0.29) is 25.5 Å². The third-order valence-corrected chi connectivity index (χ3v) is 4.67. The molecule has 0 aliphatic carbocycles. The van der Waals surface area contributed by atoms with E-state index >= 15 is 0 Å². The van der Waals surface area contributed by atoms with Crippen LogP contribution >= 0.6 is 7.81 Å². The summed E-state index contributed by atoms with van der Waals surface area (Å²) in [6, 6.07) is 25.5. The predicted octanol–water partition coefficient (Wildman–Crippen LogP) is 8.59. The summed E-state index contributed by atoms with van der Waals surface area (Å²) in [5, 5.41) is 26.0. The summed E-state index contributed by atoms with van der Waals surface area (Å²) < 4.78 is 59.2. The van der Waals surface area contributed by atoms with Crippen molar-refractivity contribution in [1.82, 2.24) is 15.0 Å². The smallest absolute Gasteiger partial charge is 0.871 e. The van der Waals surface area contributed by atoms with Crippen LogP contribution in [0, 0.1) is 6.92 Å². The van der Waals surface area contributed by atoms with Crippen molar-refractivity contribution in [2.45, 2.75) is 26.7 Å². The zero-order valence-electron chi connectivity index (χ0n) is 23.5. The van der Waals surface area contributed by atoms with E-state index in [0.717, 1.165) is 30.6 Å². The van der Waals surface area contributed by atoms with Gasteiger partial charge in [-0.2, -0.15) is 0 Å². The first-order chi connectivity index (χ1) is 19.0. The molecule has 3 N–H and O–H groups in total. The molecule has 0 amide bonds. The number of imidazole rings is 1. The van der Waals surface area contributed by atoms with Crippen molar-refractivity contribution in [2.75, 3.05) is 14.2 Å². The summed E-state index contributed by atoms with van der Waals surface area (Å²) in [5.41, 5.74) is 5.43. The van der Waals surface area contributed by atoms with Gasteiger partial charge in [0.2, 0.25) is 0 Å². The number of rotatable bonds is 1. The van der Waals surface area contributed by atoms with E-state index < -0.39 is 7.81 Å². The second-order valence-corrected chi connectivity index (χ2v) is 10.2. The van der Waals surface area contributed by atoms with Crippen LogP contribution in [0.3, 0.4) is 0 Å². The molecule has 2 aromatic heterocycles. The van der Waals surface area contributed by atoms with Gasteiger partial charge in [-0.3, -0.25) is 4.98 Å². The van der Waals surface area contributed by atoms with Crippen molar-refractivity contribution in [3.8, 4) is 5.75 Å². The number of aliphatic hydroxyl groups is 2. The van der Waals surface area contributed by atoms with Gasteiger partial charge >= 0.3 is 52.8 Å². The Labute approximate surface area is 253 Å². The van der Waals surface area contributed by atoms with Gasteiger partial charge in [0.1, 0.15) is 0 Å². The van der Waals surface area contributed by atoms with Gasteiger partial charge in [0, 0.05) is 20.4 Å². The summed E-state index contributed by atoms with van der Waals surface area (Å²) in [4.78, 5) is 11.0. The van der Waals surface area contributed by atoms with Crippen LogP contribution in [0.5, 0.6) is 5.75 Å². The minimum atomic E-state index is -10.7. The summed E-state index contributed by atoms with van der Waals surface area (Å²) in [5.74, 6) is 0.642. The van der Waals surface area contributed by atoms with Crippen LogP contribution in [-0.4, -0.2) is 39.4 Å². The molecule has 0 bridgehead atoms. The topological polar surface area (TPSA) is 105 Å². The van der Waals surface area contributed by atoms with Gasteiger partial charge in [0.25, 0.3) is 0 Å². The van der Waals surface area contributed by atoms with Gasteiger partial charge < -0.3 is 20.3 Å². The number of aromatic amines is 1. The van der Waals surface area contributed by atoms with Crippen LogP contribution in [0.1, 0.15) is 30.9 Å². The van der Waals surface area contributed by atoms with Crippen molar-refractivity contribution in [3.63, 3.8) is 0 Å². The molecule has 5 aromatic rings. The first-order valence-corrected chi connectivity index (χ1v) is 13.9. The van der Waals surface area contributed by atoms with Crippen molar-refractivity contribution in [2.24, 2.45) is 0 Å². The van der Waals surface area contributed by atoms with E-state index in [2.05, 4.69) is 60.0 Å². The van der Waals surface area contributed by atoms with E-state index in [1.54, 1.807) is 18.6 Å². The minimum absolute atomic E-state index is 0. The van der Waals surface area contributed by atoms with Crippen molar-refractivity contribution in [3.05, 3.63) is 103 Å². The Hall–Kier alpha value is -3.09. The normalized spacial score (nSPS) is 11.5. The molecule has 0 atom stereocenters. The van der Waals surface area contributed by atoms with Gasteiger partial charge in [-0.15, -0.1) is 0 Å². The fourth-order valence-corrected chi connectivity index (χ4v) is 2.91. The Bertz CT molecular complexity index is 1390. The Morgan fingerprint density at radius 2 is 1.26 bits per heavy atom. The fraction of sp³-hybridized carbons (Fsp3) is 0.214. The quantitative estimate of drug-likeness (QED) is 0.117. The van der Waals surface area contributed by atoms with E-state index in [1.807, 2.05) is 42.5 Å². The Kier molecular flexibility index (Phi) is 17.4. The summed E-state index contributed by atoms with van der Waals surface area (Å²) in [7, 11) is -8.66. The molecule has 0 unspecified atom stereocenters. The molecular formula is C28H34F6N3O3OsP. The molecular weight excluding hydrogens is 762 g/mol. The minimum Gasteiger partial charge on any atom is -0.871 e. The molecule has 0 saturated heterocycles. The molecule has 3 aromatic carbocycles. The molecule has 5 rings (SSSR count). The number of aryl methyl sites for hydroxylation is 1. The van der Waals surface area contributed by atoms with Gasteiger partial charge in [-0.05, 0) is 42.0 Å². The number of H-pyrrole nitrogens is 1. The molecule has 234 valence electrons. The van der Waals surface area contributed by atoms with Crippen LogP contribution in [0.2, 0.25) is 0 Å². The molecule has 0 radical (unpaired) electrons. The van der Waals surface area contributed by atoms with Crippen molar-refractivity contribution < 1.29 is 60.3 Å². The largest absolute Gasteiger partial charge is 2.00 e. The monoisotopic (exact) mass is 797 g/mol. The van der Waals surface area contributed by atoms with E-state index in [9.17, 15) is 30.3 Å². The average Bonchev–Trinajstić information content (AvgIpc) is 3.40. The van der Waals surface area contributed by atoms with Crippen LogP contribution in [0.15, 0.2) is 91.4 Å². The van der Waals surface area contributed by atoms with Crippen LogP contribution in [0.25, 0.3) is 21.9 Å². The number of aromatic nitrogens is 3. The molecule has 0 spiro atoms. The number of aliphatic hydroxyl groups excluding tert-OH is 2. The molecule has 42 heavy (non-hydrogen) atoms. The van der Waals surface area contributed by atoms with Crippen LogP contribution in [0.4, 0.5) is 25.2 Å². The number of hydrogen-bond donors (Lipinski definition) is 3. The molecule has 14 heteroatoms. The second kappa shape index (κ2) is 17.8. The maximum atomic E-state index is 11.1. The molecule has 0 aliphatic heterocycles. The summed E-state index contributed by atoms with van der Waals surface area (Å²) >= 11 is 0. The zero-order valence-corrected chi connectivity index (χ0v) is 26.9. The van der Waals surface area contributed by atoms with Crippen molar-refractivity contribution >= 4 is 29.7 Å². The maximum absolute atomic E-state index is 11.1. The number of fused-ring (bicyclic) bond motifs is 2. The van der Waals surface area contributed by atoms with E-state index in [1.165, 1.54) is 17.2 Å². The molecule has 0 aliphatic rings. The first kappa shape index (κ1) is 41.0. The average molecular weight is 796 g/mol. The van der Waals surface area contributed by atoms with Gasteiger partial charge in [0.15, 0.2) is 0 Å². The molecule has 0 saturated carbocycles. The Morgan fingerprint density at radius 3 is 1.76 bits per heavy atom. The Morgan fingerprint density at radius 1 is 0.738 bits per heavy atom. The van der Waals surface area contributed by atoms with Gasteiger partial charge in [0.05, 0.1) is 22.9 Å². The molecule has 0 fully saturated rings. The number of pyridine rings is 1. The second-order valence-electron chi connectivity index (χ2n) is 8.27. The number of halogens is 6. The first-order valence-electron chi connectivity index (χ1n) is 11.9. The van der Waals surface area contributed by atoms with Gasteiger partial charge in [-0.1, -0.05) is 85.8 Å². The Balaban J connectivity index is 0. The third kappa shape index (κ3) is 19.9. The molecule has 6 nitrogen and oxygen atoms in total. The van der Waals surface area contributed by atoms with Crippen molar-refractivity contribution in [1.29, 1.82) is 0 Å². The van der Waals surface area contributed by atoms with Crippen LogP contribution < -0.4 is 5.11 Å². The number of benzene rings is 3.